The number of nitrogens with zero attached hydrogens (tertiary/aromatic N) is 2. The monoisotopic (exact) mass is 379 g/mol. The van der Waals surface area contributed by atoms with E-state index in [-0.39, 0.29) is 5.91 Å². The first-order valence-corrected chi connectivity index (χ1v) is 8.59. The zero-order chi connectivity index (χ0) is 17.8. The van der Waals surface area contributed by atoms with Crippen molar-refractivity contribution in [2.45, 2.75) is 0 Å². The first kappa shape index (κ1) is 17.6. The number of piperazine rings is 1. The summed E-state index contributed by atoms with van der Waals surface area (Å²) in [5.74, 6) is 0.927. The number of ether oxygens (including phenoxy) is 1. The zero-order valence-corrected chi connectivity index (χ0v) is 15.3. The van der Waals surface area contributed by atoms with Crippen LogP contribution in [0.4, 0.5) is 5.69 Å². The van der Waals surface area contributed by atoms with Crippen molar-refractivity contribution in [1.29, 1.82) is 0 Å². The number of methoxy groups -OCH3 is 1. The SMILES string of the molecule is COc1ccc(Cl)cc1NC(=S)N1CCN(C(=O)c2ccco2)CC1. The Morgan fingerprint density at radius 2 is 1.96 bits per heavy atom. The van der Waals surface area contributed by atoms with Gasteiger partial charge in [0.05, 0.1) is 19.1 Å². The fourth-order valence-corrected chi connectivity index (χ4v) is 3.11. The molecule has 0 radical (unpaired) electrons. The Bertz CT molecular complexity index is 759. The van der Waals surface area contributed by atoms with E-state index >= 15 is 0 Å². The number of halogens is 1. The predicted octanol–water partition coefficient (Wildman–Crippen LogP) is 3.10. The van der Waals surface area contributed by atoms with Crippen LogP contribution in [0, 0.1) is 0 Å². The smallest absolute Gasteiger partial charge is 0.289 e. The van der Waals surface area contributed by atoms with Crippen LogP contribution in [-0.2, 0) is 0 Å². The Labute approximate surface area is 156 Å². The number of carbonyl (C=O) groups excluding carboxylic acids is 1. The van der Waals surface area contributed by atoms with Crippen molar-refractivity contribution in [1.82, 2.24) is 9.80 Å². The van der Waals surface area contributed by atoms with Gasteiger partial charge in [0.2, 0.25) is 0 Å². The summed E-state index contributed by atoms with van der Waals surface area (Å²) in [6.45, 7) is 2.43. The molecular formula is C17H18ClN3O3S. The number of rotatable bonds is 3. The highest BCUT2D eigenvalue weighted by Gasteiger charge is 2.25. The molecule has 2 aromatic rings. The molecule has 1 aliphatic heterocycles. The Morgan fingerprint density at radius 1 is 1.24 bits per heavy atom. The Hall–Kier alpha value is -2.25. The minimum Gasteiger partial charge on any atom is -0.495 e. The highest BCUT2D eigenvalue weighted by atomic mass is 35.5. The lowest BCUT2D eigenvalue weighted by Gasteiger charge is -2.36. The van der Waals surface area contributed by atoms with E-state index in [9.17, 15) is 4.79 Å². The number of benzene rings is 1. The summed E-state index contributed by atoms with van der Waals surface area (Å²) in [5, 5.41) is 4.34. The molecular weight excluding hydrogens is 362 g/mol. The van der Waals surface area contributed by atoms with Crippen molar-refractivity contribution >= 4 is 40.5 Å². The topological polar surface area (TPSA) is 58.0 Å². The summed E-state index contributed by atoms with van der Waals surface area (Å²) in [5.41, 5.74) is 0.717. The molecule has 2 heterocycles. The van der Waals surface area contributed by atoms with Gasteiger partial charge in [0.1, 0.15) is 5.75 Å². The van der Waals surface area contributed by atoms with Crippen LogP contribution in [0.15, 0.2) is 41.0 Å². The fourth-order valence-electron chi connectivity index (χ4n) is 2.64. The molecule has 1 N–H and O–H groups in total. The third-order valence-corrected chi connectivity index (χ3v) is 4.58. The van der Waals surface area contributed by atoms with Gasteiger partial charge in [-0.05, 0) is 42.5 Å². The van der Waals surface area contributed by atoms with Crippen LogP contribution in [0.1, 0.15) is 10.6 Å². The van der Waals surface area contributed by atoms with Crippen molar-refractivity contribution in [2.24, 2.45) is 0 Å². The van der Waals surface area contributed by atoms with Crippen molar-refractivity contribution in [3.05, 3.63) is 47.4 Å². The van der Waals surface area contributed by atoms with Gasteiger partial charge in [-0.1, -0.05) is 11.6 Å². The predicted molar refractivity (Wildman–Crippen MR) is 100 cm³/mol. The van der Waals surface area contributed by atoms with Gasteiger partial charge < -0.3 is 24.3 Å². The standard InChI is InChI=1S/C17H18ClN3O3S/c1-23-14-5-4-12(18)11-13(14)19-17(25)21-8-6-20(7-9-21)16(22)15-3-2-10-24-15/h2-5,10-11H,6-9H2,1H3,(H,19,25). The van der Waals surface area contributed by atoms with E-state index in [1.54, 1.807) is 42.3 Å². The summed E-state index contributed by atoms with van der Waals surface area (Å²) in [6, 6.07) is 8.69. The second kappa shape index (κ2) is 7.76. The maximum atomic E-state index is 12.3. The molecule has 1 fully saturated rings. The van der Waals surface area contributed by atoms with Crippen molar-refractivity contribution in [3.8, 4) is 5.75 Å². The summed E-state index contributed by atoms with van der Waals surface area (Å²) < 4.78 is 10.5. The molecule has 0 aliphatic carbocycles. The molecule has 8 heteroatoms. The number of furan rings is 1. The highest BCUT2D eigenvalue weighted by Crippen LogP contribution is 2.28. The molecule has 6 nitrogen and oxygen atoms in total. The molecule has 1 aliphatic rings. The molecule has 0 bridgehead atoms. The van der Waals surface area contributed by atoms with Gasteiger partial charge in [0.25, 0.3) is 5.91 Å². The maximum absolute atomic E-state index is 12.3. The lowest BCUT2D eigenvalue weighted by Crippen LogP contribution is -2.51. The van der Waals surface area contributed by atoms with Gasteiger partial charge >= 0.3 is 0 Å². The Balaban J connectivity index is 1.59. The summed E-state index contributed by atoms with van der Waals surface area (Å²) in [6.07, 6.45) is 1.50. The molecule has 25 heavy (non-hydrogen) atoms. The lowest BCUT2D eigenvalue weighted by molar-refractivity contribution is 0.0661. The number of hydrogen-bond donors (Lipinski definition) is 1. The first-order valence-electron chi connectivity index (χ1n) is 7.80. The molecule has 0 unspecified atom stereocenters. The van der Waals surface area contributed by atoms with Crippen LogP contribution in [0.2, 0.25) is 5.02 Å². The third-order valence-electron chi connectivity index (χ3n) is 3.99. The van der Waals surface area contributed by atoms with Crippen LogP contribution in [0.25, 0.3) is 0 Å². The van der Waals surface area contributed by atoms with E-state index in [0.29, 0.717) is 53.5 Å². The van der Waals surface area contributed by atoms with Gasteiger partial charge in [-0.15, -0.1) is 0 Å². The van der Waals surface area contributed by atoms with E-state index in [1.807, 2.05) is 4.90 Å². The largest absolute Gasteiger partial charge is 0.495 e. The maximum Gasteiger partial charge on any atom is 0.289 e. The molecule has 0 spiro atoms. The van der Waals surface area contributed by atoms with Crippen LogP contribution in [0.3, 0.4) is 0 Å². The van der Waals surface area contributed by atoms with Crippen LogP contribution >= 0.6 is 23.8 Å². The highest BCUT2D eigenvalue weighted by molar-refractivity contribution is 7.80. The van der Waals surface area contributed by atoms with Crippen molar-refractivity contribution in [3.63, 3.8) is 0 Å². The molecule has 1 aromatic carbocycles. The van der Waals surface area contributed by atoms with E-state index in [4.69, 9.17) is 33.0 Å². The van der Waals surface area contributed by atoms with E-state index in [2.05, 4.69) is 5.32 Å². The number of nitrogens with one attached hydrogen (secondary N) is 1. The van der Waals surface area contributed by atoms with Crippen LogP contribution in [-0.4, -0.2) is 54.1 Å². The third kappa shape index (κ3) is 4.05. The summed E-state index contributed by atoms with van der Waals surface area (Å²) >= 11 is 11.5. The van der Waals surface area contributed by atoms with Crippen LogP contribution in [0.5, 0.6) is 5.75 Å². The first-order chi connectivity index (χ1) is 12.1. The number of amides is 1. The van der Waals surface area contributed by atoms with Gasteiger partial charge in [-0.2, -0.15) is 0 Å². The minimum absolute atomic E-state index is 0.0972. The molecule has 132 valence electrons. The molecule has 0 atom stereocenters. The quantitative estimate of drug-likeness (QED) is 0.827. The van der Waals surface area contributed by atoms with E-state index in [0.717, 1.165) is 0 Å². The second-order valence-corrected chi connectivity index (χ2v) is 6.35. The van der Waals surface area contributed by atoms with Gasteiger partial charge in [-0.25, -0.2) is 0 Å². The normalized spacial score (nSPS) is 14.3. The molecule has 1 aromatic heterocycles. The summed E-state index contributed by atoms with van der Waals surface area (Å²) in [4.78, 5) is 16.1. The molecule has 3 rings (SSSR count). The average molecular weight is 380 g/mol. The molecule has 0 saturated carbocycles. The number of hydrogen-bond acceptors (Lipinski definition) is 4. The van der Waals surface area contributed by atoms with E-state index < -0.39 is 0 Å². The van der Waals surface area contributed by atoms with Crippen molar-refractivity contribution in [2.75, 3.05) is 38.6 Å². The van der Waals surface area contributed by atoms with Gasteiger partial charge in [0.15, 0.2) is 10.9 Å². The number of thiocarbonyl (C=S) groups is 1. The molecule has 1 saturated heterocycles. The van der Waals surface area contributed by atoms with Crippen molar-refractivity contribution < 1.29 is 13.9 Å². The Morgan fingerprint density at radius 3 is 2.60 bits per heavy atom. The fraction of sp³-hybridized carbons (Fsp3) is 0.294. The number of anilines is 1. The lowest BCUT2D eigenvalue weighted by atomic mass is 10.2. The van der Waals surface area contributed by atoms with Gasteiger partial charge in [0, 0.05) is 31.2 Å². The minimum atomic E-state index is -0.0972. The van der Waals surface area contributed by atoms with E-state index in [1.165, 1.54) is 6.26 Å². The van der Waals surface area contributed by atoms with Crippen LogP contribution < -0.4 is 10.1 Å². The summed E-state index contributed by atoms with van der Waals surface area (Å²) in [7, 11) is 1.59. The average Bonchev–Trinajstić information content (AvgIpc) is 3.16. The van der Waals surface area contributed by atoms with Gasteiger partial charge in [-0.3, -0.25) is 4.79 Å². The zero-order valence-electron chi connectivity index (χ0n) is 13.7. The second-order valence-electron chi connectivity index (χ2n) is 5.53. The number of carbonyl (C=O) groups is 1. The Kier molecular flexibility index (Phi) is 5.45. The molecule has 1 amide bonds.